The van der Waals surface area contributed by atoms with E-state index in [0.717, 1.165) is 11.3 Å². The monoisotopic (exact) mass is 274 g/mol. The van der Waals surface area contributed by atoms with Crippen LogP contribution in [-0.4, -0.2) is 26.8 Å². The summed E-state index contributed by atoms with van der Waals surface area (Å²) in [6.45, 7) is 1.82. The average Bonchev–Trinajstić information content (AvgIpc) is 2.70. The molecular formula is C14H18N4O2. The molecule has 0 unspecified atom stereocenters. The first kappa shape index (κ1) is 14.1. The molecule has 106 valence electrons. The van der Waals surface area contributed by atoms with Crippen molar-refractivity contribution in [2.45, 2.75) is 19.4 Å². The van der Waals surface area contributed by atoms with Crippen molar-refractivity contribution in [3.8, 4) is 5.75 Å². The predicted octanol–water partition coefficient (Wildman–Crippen LogP) is 0.943. The Morgan fingerprint density at radius 1 is 1.45 bits per heavy atom. The van der Waals surface area contributed by atoms with Crippen molar-refractivity contribution in [2.75, 3.05) is 5.32 Å². The number of aromatic nitrogens is 2. The Kier molecular flexibility index (Phi) is 4.05. The topological polar surface area (TPSA) is 93.2 Å². The molecule has 0 bridgehead atoms. The van der Waals surface area contributed by atoms with Gasteiger partial charge in [-0.3, -0.25) is 9.48 Å². The van der Waals surface area contributed by atoms with Gasteiger partial charge in [0.2, 0.25) is 5.91 Å². The molecule has 2 rings (SSSR count). The minimum absolute atomic E-state index is 0.192. The summed E-state index contributed by atoms with van der Waals surface area (Å²) in [5.74, 6) is -0.0630. The summed E-state index contributed by atoms with van der Waals surface area (Å²) in [5, 5.41) is 16.1. The first-order valence-corrected chi connectivity index (χ1v) is 6.30. The zero-order valence-corrected chi connectivity index (χ0v) is 11.5. The molecule has 0 aliphatic carbocycles. The summed E-state index contributed by atoms with van der Waals surface area (Å²) in [7, 11) is 1.79. The van der Waals surface area contributed by atoms with Gasteiger partial charge in [0.25, 0.3) is 0 Å². The SMILES string of the molecule is Cc1nn(C)cc1NC(=O)[C@@H](N)Cc1ccc(O)cc1. The van der Waals surface area contributed by atoms with Crippen LogP contribution in [0.3, 0.4) is 0 Å². The molecule has 4 N–H and O–H groups in total. The third-order valence-electron chi connectivity index (χ3n) is 3.00. The summed E-state index contributed by atoms with van der Waals surface area (Å²) in [6, 6.07) is 5.99. The molecular weight excluding hydrogens is 256 g/mol. The van der Waals surface area contributed by atoms with Gasteiger partial charge in [-0.05, 0) is 31.0 Å². The average molecular weight is 274 g/mol. The maximum atomic E-state index is 12.0. The smallest absolute Gasteiger partial charge is 0.241 e. The number of carbonyl (C=O) groups excluding carboxylic acids is 1. The summed E-state index contributed by atoms with van der Waals surface area (Å²) in [5.41, 5.74) is 8.20. The van der Waals surface area contributed by atoms with E-state index >= 15 is 0 Å². The number of rotatable bonds is 4. The van der Waals surface area contributed by atoms with Crippen LogP contribution in [0.1, 0.15) is 11.3 Å². The lowest BCUT2D eigenvalue weighted by molar-refractivity contribution is -0.117. The number of anilines is 1. The van der Waals surface area contributed by atoms with Crippen LogP contribution in [-0.2, 0) is 18.3 Å². The number of aryl methyl sites for hydroxylation is 2. The molecule has 20 heavy (non-hydrogen) atoms. The first-order chi connectivity index (χ1) is 9.45. The third kappa shape index (κ3) is 3.36. The highest BCUT2D eigenvalue weighted by Crippen LogP contribution is 2.13. The molecule has 0 aliphatic rings. The van der Waals surface area contributed by atoms with Crippen LogP contribution in [0.5, 0.6) is 5.75 Å². The second-order valence-corrected chi connectivity index (χ2v) is 4.77. The fourth-order valence-electron chi connectivity index (χ4n) is 1.93. The second-order valence-electron chi connectivity index (χ2n) is 4.77. The number of aromatic hydroxyl groups is 1. The van der Waals surface area contributed by atoms with Crippen molar-refractivity contribution in [1.82, 2.24) is 9.78 Å². The number of amides is 1. The zero-order chi connectivity index (χ0) is 14.7. The number of nitrogens with two attached hydrogens (primary N) is 1. The van der Waals surface area contributed by atoms with Crippen LogP contribution >= 0.6 is 0 Å². The van der Waals surface area contributed by atoms with Crippen molar-refractivity contribution in [1.29, 1.82) is 0 Å². The Balaban J connectivity index is 1.98. The van der Waals surface area contributed by atoms with Crippen molar-refractivity contribution in [2.24, 2.45) is 12.8 Å². The molecule has 0 spiro atoms. The van der Waals surface area contributed by atoms with Gasteiger partial charge >= 0.3 is 0 Å². The highest BCUT2D eigenvalue weighted by molar-refractivity contribution is 5.95. The van der Waals surface area contributed by atoms with E-state index in [1.165, 1.54) is 0 Å². The van der Waals surface area contributed by atoms with Crippen LogP contribution in [0.15, 0.2) is 30.5 Å². The number of phenols is 1. The normalized spacial score (nSPS) is 12.2. The lowest BCUT2D eigenvalue weighted by Crippen LogP contribution is -2.37. The molecule has 1 amide bonds. The van der Waals surface area contributed by atoms with E-state index in [1.54, 1.807) is 42.2 Å². The standard InChI is InChI=1S/C14H18N4O2/c1-9-13(8-18(2)17-9)16-14(20)12(15)7-10-3-5-11(19)6-4-10/h3-6,8,12,19H,7,15H2,1-2H3,(H,16,20)/t12-/m0/s1. The van der Waals surface area contributed by atoms with Gasteiger partial charge in [-0.15, -0.1) is 0 Å². The van der Waals surface area contributed by atoms with Gasteiger partial charge in [-0.1, -0.05) is 12.1 Å². The minimum Gasteiger partial charge on any atom is -0.508 e. The molecule has 1 aromatic carbocycles. The molecule has 0 radical (unpaired) electrons. The summed E-state index contributed by atoms with van der Waals surface area (Å²) in [6.07, 6.45) is 2.14. The Morgan fingerprint density at radius 3 is 2.65 bits per heavy atom. The van der Waals surface area contributed by atoms with Crippen LogP contribution < -0.4 is 11.1 Å². The van der Waals surface area contributed by atoms with Gasteiger partial charge in [0.15, 0.2) is 0 Å². The van der Waals surface area contributed by atoms with Gasteiger partial charge in [0.05, 0.1) is 17.4 Å². The molecule has 0 aliphatic heterocycles. The largest absolute Gasteiger partial charge is 0.508 e. The Labute approximate surface area is 117 Å². The van der Waals surface area contributed by atoms with Crippen molar-refractivity contribution >= 4 is 11.6 Å². The van der Waals surface area contributed by atoms with Gasteiger partial charge in [-0.25, -0.2) is 0 Å². The van der Waals surface area contributed by atoms with Gasteiger partial charge in [0.1, 0.15) is 5.75 Å². The van der Waals surface area contributed by atoms with E-state index in [2.05, 4.69) is 10.4 Å². The molecule has 1 heterocycles. The van der Waals surface area contributed by atoms with Gasteiger partial charge in [-0.2, -0.15) is 5.10 Å². The number of phenolic OH excluding ortho intramolecular Hbond substituents is 1. The van der Waals surface area contributed by atoms with Crippen LogP contribution in [0.25, 0.3) is 0 Å². The Bertz CT molecular complexity index is 604. The molecule has 0 fully saturated rings. The molecule has 0 saturated carbocycles. The molecule has 2 aromatic rings. The van der Waals surface area contributed by atoms with Crippen molar-refractivity contribution < 1.29 is 9.90 Å². The number of hydrogen-bond acceptors (Lipinski definition) is 4. The predicted molar refractivity (Wildman–Crippen MR) is 76.4 cm³/mol. The number of benzene rings is 1. The van der Waals surface area contributed by atoms with E-state index in [1.807, 2.05) is 6.92 Å². The Hall–Kier alpha value is -2.34. The lowest BCUT2D eigenvalue weighted by Gasteiger charge is -2.11. The summed E-state index contributed by atoms with van der Waals surface area (Å²) in [4.78, 5) is 12.0. The van der Waals surface area contributed by atoms with Crippen LogP contribution in [0.4, 0.5) is 5.69 Å². The molecule has 1 atom stereocenters. The fraction of sp³-hybridized carbons (Fsp3) is 0.286. The number of carbonyl (C=O) groups is 1. The zero-order valence-electron chi connectivity index (χ0n) is 11.5. The fourth-order valence-corrected chi connectivity index (χ4v) is 1.93. The highest BCUT2D eigenvalue weighted by Gasteiger charge is 2.16. The van der Waals surface area contributed by atoms with E-state index in [0.29, 0.717) is 12.1 Å². The minimum atomic E-state index is -0.654. The molecule has 0 saturated heterocycles. The van der Waals surface area contributed by atoms with E-state index in [9.17, 15) is 9.90 Å². The molecule has 6 nitrogen and oxygen atoms in total. The maximum Gasteiger partial charge on any atom is 0.241 e. The highest BCUT2D eigenvalue weighted by atomic mass is 16.3. The maximum absolute atomic E-state index is 12.0. The number of nitrogens with zero attached hydrogens (tertiary/aromatic N) is 2. The Morgan fingerprint density at radius 2 is 2.10 bits per heavy atom. The summed E-state index contributed by atoms with van der Waals surface area (Å²) < 4.78 is 1.64. The summed E-state index contributed by atoms with van der Waals surface area (Å²) >= 11 is 0. The number of hydrogen-bond donors (Lipinski definition) is 3. The molecule has 6 heteroatoms. The first-order valence-electron chi connectivity index (χ1n) is 6.30. The quantitative estimate of drug-likeness (QED) is 0.773. The van der Waals surface area contributed by atoms with Crippen LogP contribution in [0, 0.1) is 6.92 Å². The number of nitrogens with one attached hydrogen (secondary N) is 1. The molecule has 1 aromatic heterocycles. The van der Waals surface area contributed by atoms with Crippen molar-refractivity contribution in [3.63, 3.8) is 0 Å². The van der Waals surface area contributed by atoms with Gasteiger partial charge < -0.3 is 16.2 Å². The van der Waals surface area contributed by atoms with E-state index in [-0.39, 0.29) is 11.7 Å². The van der Waals surface area contributed by atoms with Crippen LogP contribution in [0.2, 0.25) is 0 Å². The van der Waals surface area contributed by atoms with Crippen molar-refractivity contribution in [3.05, 3.63) is 41.7 Å². The van der Waals surface area contributed by atoms with E-state index in [4.69, 9.17) is 5.73 Å². The second kappa shape index (κ2) is 5.75. The van der Waals surface area contributed by atoms with Gasteiger partial charge in [0, 0.05) is 13.2 Å². The lowest BCUT2D eigenvalue weighted by atomic mass is 10.1. The van der Waals surface area contributed by atoms with E-state index < -0.39 is 6.04 Å². The third-order valence-corrected chi connectivity index (χ3v) is 3.00.